The molecule has 1 nitrogen and oxygen atoms in total. The minimum atomic E-state index is 0.722. The lowest BCUT2D eigenvalue weighted by molar-refractivity contribution is 1.54. The van der Waals surface area contributed by atoms with Gasteiger partial charge in [0.2, 0.25) is 0 Å². The molecule has 74 valence electrons. The van der Waals surface area contributed by atoms with E-state index in [1.165, 1.54) is 0 Å². The largest absolute Gasteiger partial charge is 0.192 e. The molecule has 2 aromatic heterocycles. The van der Waals surface area contributed by atoms with Crippen molar-refractivity contribution < 1.29 is 0 Å². The molecule has 0 radical (unpaired) electrons. The van der Waals surface area contributed by atoms with Gasteiger partial charge in [0.1, 0.15) is 6.07 Å². The molecule has 2 heterocycles. The molecule has 0 unspecified atom stereocenters. The van der Waals surface area contributed by atoms with Crippen LogP contribution >= 0.6 is 38.6 Å². The van der Waals surface area contributed by atoms with Gasteiger partial charge in [-0.2, -0.15) is 5.26 Å². The molecular weight excluding hydrogens is 290 g/mol. The molecule has 0 N–H and O–H groups in total. The molecule has 0 aliphatic carbocycles. The highest BCUT2D eigenvalue weighted by Gasteiger charge is 2.02. The standard InChI is InChI=1S/C11H6BrNS2/c12-11-4-3-9(15-11)6-8(7-13)10-2-1-5-14-10/h1-6H. The predicted molar refractivity (Wildman–Crippen MR) is 69.8 cm³/mol. The second kappa shape index (κ2) is 4.75. The Labute approximate surface area is 104 Å². The van der Waals surface area contributed by atoms with Gasteiger partial charge >= 0.3 is 0 Å². The van der Waals surface area contributed by atoms with Crippen molar-refractivity contribution in [3.8, 4) is 6.07 Å². The third-order valence-electron chi connectivity index (χ3n) is 1.79. The molecule has 2 aromatic rings. The number of hydrogen-bond acceptors (Lipinski definition) is 3. The van der Waals surface area contributed by atoms with E-state index in [1.807, 2.05) is 35.7 Å². The van der Waals surface area contributed by atoms with Crippen molar-refractivity contribution in [1.82, 2.24) is 0 Å². The highest BCUT2D eigenvalue weighted by Crippen LogP contribution is 2.27. The maximum Gasteiger partial charge on any atom is 0.101 e. The van der Waals surface area contributed by atoms with Gasteiger partial charge in [-0.05, 0) is 45.6 Å². The van der Waals surface area contributed by atoms with Crippen LogP contribution in [0, 0.1) is 11.3 Å². The van der Waals surface area contributed by atoms with E-state index in [1.54, 1.807) is 22.7 Å². The number of hydrogen-bond donors (Lipinski definition) is 0. The zero-order valence-electron chi connectivity index (χ0n) is 7.61. The van der Waals surface area contributed by atoms with Crippen LogP contribution in [0.4, 0.5) is 0 Å². The Bertz CT molecular complexity index is 517. The minimum absolute atomic E-state index is 0.722. The zero-order valence-corrected chi connectivity index (χ0v) is 10.8. The van der Waals surface area contributed by atoms with E-state index in [4.69, 9.17) is 5.26 Å². The Kier molecular flexibility index (Phi) is 3.37. The van der Waals surface area contributed by atoms with Gasteiger partial charge in [0.05, 0.1) is 9.36 Å². The smallest absolute Gasteiger partial charge is 0.101 e. The van der Waals surface area contributed by atoms with Crippen LogP contribution < -0.4 is 0 Å². The van der Waals surface area contributed by atoms with Crippen molar-refractivity contribution in [2.24, 2.45) is 0 Å². The van der Waals surface area contributed by atoms with E-state index < -0.39 is 0 Å². The Morgan fingerprint density at radius 1 is 1.40 bits per heavy atom. The first-order chi connectivity index (χ1) is 7.29. The monoisotopic (exact) mass is 295 g/mol. The topological polar surface area (TPSA) is 23.8 Å². The number of nitrogens with zero attached hydrogens (tertiary/aromatic N) is 1. The molecule has 0 fully saturated rings. The fourth-order valence-corrected chi connectivity index (χ4v) is 3.20. The molecule has 0 spiro atoms. The third-order valence-corrected chi connectivity index (χ3v) is 4.26. The van der Waals surface area contributed by atoms with Crippen LogP contribution in [0.1, 0.15) is 9.75 Å². The van der Waals surface area contributed by atoms with Crippen LogP contribution in [0.25, 0.3) is 11.6 Å². The first kappa shape index (κ1) is 10.6. The van der Waals surface area contributed by atoms with Crippen LogP contribution in [0.3, 0.4) is 0 Å². The van der Waals surface area contributed by atoms with Crippen LogP contribution in [-0.4, -0.2) is 0 Å². The van der Waals surface area contributed by atoms with Gasteiger partial charge in [0, 0.05) is 9.75 Å². The molecular formula is C11H6BrNS2. The fourth-order valence-electron chi connectivity index (χ4n) is 1.14. The maximum absolute atomic E-state index is 9.05. The second-order valence-electron chi connectivity index (χ2n) is 2.79. The lowest BCUT2D eigenvalue weighted by atomic mass is 10.2. The van der Waals surface area contributed by atoms with Crippen LogP contribution in [0.15, 0.2) is 33.4 Å². The van der Waals surface area contributed by atoms with Crippen LogP contribution in [-0.2, 0) is 0 Å². The van der Waals surface area contributed by atoms with Gasteiger partial charge in [-0.3, -0.25) is 0 Å². The summed E-state index contributed by atoms with van der Waals surface area (Å²) in [5, 5.41) is 11.0. The molecule has 0 aliphatic rings. The maximum atomic E-state index is 9.05. The summed E-state index contributed by atoms with van der Waals surface area (Å²) in [6.45, 7) is 0. The van der Waals surface area contributed by atoms with Gasteiger partial charge in [-0.15, -0.1) is 22.7 Å². The van der Waals surface area contributed by atoms with E-state index in [2.05, 4.69) is 22.0 Å². The highest BCUT2D eigenvalue weighted by atomic mass is 79.9. The molecule has 4 heteroatoms. The summed E-state index contributed by atoms with van der Waals surface area (Å²) in [4.78, 5) is 2.11. The summed E-state index contributed by atoms with van der Waals surface area (Å²) < 4.78 is 1.08. The third kappa shape index (κ3) is 2.57. The lowest BCUT2D eigenvalue weighted by Crippen LogP contribution is -1.72. The molecule has 15 heavy (non-hydrogen) atoms. The Morgan fingerprint density at radius 2 is 2.27 bits per heavy atom. The molecule has 0 atom stereocenters. The summed E-state index contributed by atoms with van der Waals surface area (Å²) in [7, 11) is 0. The fraction of sp³-hybridized carbons (Fsp3) is 0. The molecule has 0 aromatic carbocycles. The number of halogens is 1. The summed E-state index contributed by atoms with van der Waals surface area (Å²) in [5.74, 6) is 0. The Morgan fingerprint density at radius 3 is 2.80 bits per heavy atom. The average Bonchev–Trinajstić information content (AvgIpc) is 2.85. The number of rotatable bonds is 2. The van der Waals surface area contributed by atoms with E-state index in [0.29, 0.717) is 0 Å². The number of nitriles is 1. The van der Waals surface area contributed by atoms with Crippen molar-refractivity contribution in [3.63, 3.8) is 0 Å². The van der Waals surface area contributed by atoms with E-state index >= 15 is 0 Å². The normalized spacial score (nSPS) is 11.3. The summed E-state index contributed by atoms with van der Waals surface area (Å²) in [6.07, 6.45) is 1.92. The average molecular weight is 296 g/mol. The van der Waals surface area contributed by atoms with E-state index in [-0.39, 0.29) is 0 Å². The van der Waals surface area contributed by atoms with Crippen molar-refractivity contribution >= 4 is 50.3 Å². The van der Waals surface area contributed by atoms with Crippen LogP contribution in [0.2, 0.25) is 0 Å². The molecule has 0 saturated carbocycles. The van der Waals surface area contributed by atoms with Gasteiger partial charge in [-0.1, -0.05) is 6.07 Å². The Hall–Kier alpha value is -0.890. The first-order valence-corrected chi connectivity index (χ1v) is 6.69. The van der Waals surface area contributed by atoms with Gasteiger partial charge in [0.25, 0.3) is 0 Å². The molecule has 0 amide bonds. The predicted octanol–water partition coefficient (Wildman–Crippen LogP) is 4.64. The number of thiophene rings is 2. The molecule has 0 bridgehead atoms. The minimum Gasteiger partial charge on any atom is -0.192 e. The van der Waals surface area contributed by atoms with Crippen molar-refractivity contribution in [3.05, 3.63) is 43.2 Å². The summed E-state index contributed by atoms with van der Waals surface area (Å²) in [6, 6.07) is 10.1. The van der Waals surface area contributed by atoms with Gasteiger partial charge in [0.15, 0.2) is 0 Å². The zero-order chi connectivity index (χ0) is 10.7. The summed E-state index contributed by atoms with van der Waals surface area (Å²) >= 11 is 6.61. The molecule has 0 aliphatic heterocycles. The lowest BCUT2D eigenvalue weighted by Gasteiger charge is -1.91. The summed E-state index contributed by atoms with van der Waals surface area (Å²) in [5.41, 5.74) is 0.722. The Balaban J connectivity index is 2.36. The van der Waals surface area contributed by atoms with Crippen LogP contribution in [0.5, 0.6) is 0 Å². The highest BCUT2D eigenvalue weighted by molar-refractivity contribution is 9.11. The molecule has 0 saturated heterocycles. The van der Waals surface area contributed by atoms with Gasteiger partial charge < -0.3 is 0 Å². The molecule has 2 rings (SSSR count). The second-order valence-corrected chi connectivity index (χ2v) is 6.23. The quantitative estimate of drug-likeness (QED) is 0.741. The van der Waals surface area contributed by atoms with E-state index in [9.17, 15) is 0 Å². The van der Waals surface area contributed by atoms with Gasteiger partial charge in [-0.25, -0.2) is 0 Å². The van der Waals surface area contributed by atoms with Crippen molar-refractivity contribution in [1.29, 1.82) is 5.26 Å². The van der Waals surface area contributed by atoms with Crippen molar-refractivity contribution in [2.75, 3.05) is 0 Å². The first-order valence-electron chi connectivity index (χ1n) is 4.20. The van der Waals surface area contributed by atoms with Crippen molar-refractivity contribution in [2.45, 2.75) is 0 Å². The van der Waals surface area contributed by atoms with E-state index in [0.717, 1.165) is 19.1 Å². The SMILES string of the molecule is N#CC(=Cc1ccc(Br)s1)c1cccs1. The number of allylic oxidation sites excluding steroid dienone is 1.